The molecule has 0 radical (unpaired) electrons. The number of rotatable bonds is 4. The maximum atomic E-state index is 12.4. The molecule has 2 aromatic carbocycles. The first-order chi connectivity index (χ1) is 12.4. The smallest absolute Gasteiger partial charge is 0.341 e. The van der Waals surface area contributed by atoms with E-state index in [4.69, 9.17) is 16.3 Å². The molecule has 134 valence electrons. The number of nitrogens with zero attached hydrogens (tertiary/aromatic N) is 1. The summed E-state index contributed by atoms with van der Waals surface area (Å²) in [7, 11) is 0. The van der Waals surface area contributed by atoms with Crippen LogP contribution in [0.2, 0.25) is 5.02 Å². The van der Waals surface area contributed by atoms with Crippen LogP contribution in [0.1, 0.15) is 34.0 Å². The lowest BCUT2D eigenvalue weighted by Gasteiger charge is -2.16. The summed E-state index contributed by atoms with van der Waals surface area (Å²) in [5.41, 5.74) is 6.00. The number of aryl methyl sites for hydroxylation is 3. The van der Waals surface area contributed by atoms with Crippen LogP contribution in [0.4, 0.5) is 11.4 Å². The van der Waals surface area contributed by atoms with Crippen LogP contribution in [0.3, 0.4) is 0 Å². The van der Waals surface area contributed by atoms with Crippen LogP contribution >= 0.6 is 11.6 Å². The number of benzene rings is 2. The second kappa shape index (κ2) is 7.34. The molecule has 0 bridgehead atoms. The largest absolute Gasteiger partial charge is 0.462 e. The summed E-state index contributed by atoms with van der Waals surface area (Å²) in [6.45, 7) is 8.13. The van der Waals surface area contributed by atoms with Crippen LogP contribution in [0, 0.1) is 20.8 Å². The molecule has 0 aliphatic heterocycles. The molecule has 1 heterocycles. The molecule has 0 fully saturated rings. The van der Waals surface area contributed by atoms with Crippen molar-refractivity contribution < 1.29 is 9.53 Å². The van der Waals surface area contributed by atoms with Gasteiger partial charge in [-0.25, -0.2) is 4.79 Å². The van der Waals surface area contributed by atoms with Crippen molar-refractivity contribution in [1.82, 2.24) is 4.98 Å². The number of hydrogen-bond donors (Lipinski definition) is 1. The van der Waals surface area contributed by atoms with Crippen molar-refractivity contribution in [2.24, 2.45) is 0 Å². The van der Waals surface area contributed by atoms with E-state index in [-0.39, 0.29) is 0 Å². The van der Waals surface area contributed by atoms with Crippen LogP contribution in [0.15, 0.2) is 36.5 Å². The van der Waals surface area contributed by atoms with Gasteiger partial charge in [0.1, 0.15) is 5.56 Å². The second-order valence-electron chi connectivity index (χ2n) is 6.26. The van der Waals surface area contributed by atoms with Gasteiger partial charge in [-0.05, 0) is 68.7 Å². The van der Waals surface area contributed by atoms with E-state index in [0.29, 0.717) is 22.9 Å². The highest BCUT2D eigenvalue weighted by Crippen LogP contribution is 2.33. The third kappa shape index (κ3) is 3.37. The van der Waals surface area contributed by atoms with Crippen molar-refractivity contribution in [2.75, 3.05) is 11.9 Å². The molecule has 26 heavy (non-hydrogen) atoms. The van der Waals surface area contributed by atoms with Crippen LogP contribution < -0.4 is 5.32 Å². The van der Waals surface area contributed by atoms with Crippen molar-refractivity contribution in [3.05, 3.63) is 63.8 Å². The highest BCUT2D eigenvalue weighted by Gasteiger charge is 2.18. The molecule has 0 aliphatic carbocycles. The van der Waals surface area contributed by atoms with Gasteiger partial charge in [0.25, 0.3) is 0 Å². The topological polar surface area (TPSA) is 51.2 Å². The first kappa shape index (κ1) is 18.2. The first-order valence-electron chi connectivity index (χ1n) is 8.51. The highest BCUT2D eigenvalue weighted by atomic mass is 35.5. The summed E-state index contributed by atoms with van der Waals surface area (Å²) in [6, 6.07) is 9.80. The van der Waals surface area contributed by atoms with Gasteiger partial charge in [0.05, 0.1) is 17.8 Å². The van der Waals surface area contributed by atoms with Crippen LogP contribution in [-0.4, -0.2) is 17.6 Å². The van der Waals surface area contributed by atoms with Crippen molar-refractivity contribution in [1.29, 1.82) is 0 Å². The van der Waals surface area contributed by atoms with E-state index < -0.39 is 5.97 Å². The number of anilines is 2. The zero-order valence-electron chi connectivity index (χ0n) is 15.3. The van der Waals surface area contributed by atoms with E-state index >= 15 is 0 Å². The summed E-state index contributed by atoms with van der Waals surface area (Å²) in [5.74, 6) is -0.402. The van der Waals surface area contributed by atoms with Gasteiger partial charge >= 0.3 is 5.97 Å². The number of carbonyl (C=O) groups is 1. The standard InChI is InChI=1S/C21H21ClN2O2/c1-5-26-21(25)17-11-23-19-14(4)18(22)9-8-16(19)20(17)24-15-7-6-12(2)13(3)10-15/h6-11H,5H2,1-4H3,(H,23,24). The van der Waals surface area contributed by atoms with E-state index in [0.717, 1.165) is 22.2 Å². The molecule has 0 unspecified atom stereocenters. The SMILES string of the molecule is CCOC(=O)c1cnc2c(C)c(Cl)ccc2c1Nc1ccc(C)c(C)c1. The molecule has 0 spiro atoms. The zero-order chi connectivity index (χ0) is 18.8. The van der Waals surface area contributed by atoms with Crippen LogP contribution in [0.5, 0.6) is 0 Å². The summed E-state index contributed by atoms with van der Waals surface area (Å²) in [6.07, 6.45) is 1.55. The predicted octanol–water partition coefficient (Wildman–Crippen LogP) is 5.73. The third-order valence-corrected chi connectivity index (χ3v) is 4.91. The fourth-order valence-electron chi connectivity index (χ4n) is 2.84. The molecule has 1 aromatic heterocycles. The maximum Gasteiger partial charge on any atom is 0.341 e. The molecule has 0 amide bonds. The molecule has 0 aliphatic rings. The molecule has 3 aromatic rings. The Kier molecular flexibility index (Phi) is 5.14. The summed E-state index contributed by atoms with van der Waals surface area (Å²) in [5, 5.41) is 4.86. The number of carbonyl (C=O) groups excluding carboxylic acids is 1. The zero-order valence-corrected chi connectivity index (χ0v) is 16.1. The Morgan fingerprint density at radius 2 is 1.92 bits per heavy atom. The van der Waals surface area contributed by atoms with Gasteiger partial charge in [-0.15, -0.1) is 0 Å². The van der Waals surface area contributed by atoms with E-state index in [9.17, 15) is 4.79 Å². The number of esters is 1. The third-order valence-electron chi connectivity index (χ3n) is 4.50. The average Bonchev–Trinajstić information content (AvgIpc) is 2.61. The Morgan fingerprint density at radius 3 is 2.62 bits per heavy atom. The Bertz CT molecular complexity index is 999. The van der Waals surface area contributed by atoms with Crippen molar-refractivity contribution >= 4 is 39.8 Å². The van der Waals surface area contributed by atoms with Crippen LogP contribution in [-0.2, 0) is 4.74 Å². The molecule has 1 N–H and O–H groups in total. The Morgan fingerprint density at radius 1 is 1.15 bits per heavy atom. The molecular formula is C21H21ClN2O2. The van der Waals surface area contributed by atoms with E-state index in [1.54, 1.807) is 13.1 Å². The molecule has 4 nitrogen and oxygen atoms in total. The lowest BCUT2D eigenvalue weighted by atomic mass is 10.0. The Balaban J connectivity index is 2.20. The fourth-order valence-corrected chi connectivity index (χ4v) is 3.00. The molecule has 0 saturated carbocycles. The summed E-state index contributed by atoms with van der Waals surface area (Å²) in [4.78, 5) is 16.9. The predicted molar refractivity (Wildman–Crippen MR) is 107 cm³/mol. The monoisotopic (exact) mass is 368 g/mol. The number of halogens is 1. The maximum absolute atomic E-state index is 12.4. The van der Waals surface area contributed by atoms with Gasteiger partial charge in [-0.3, -0.25) is 4.98 Å². The number of fused-ring (bicyclic) bond motifs is 1. The Hall–Kier alpha value is -2.59. The van der Waals surface area contributed by atoms with Crippen molar-refractivity contribution in [3.63, 3.8) is 0 Å². The van der Waals surface area contributed by atoms with E-state index in [2.05, 4.69) is 30.2 Å². The normalized spacial score (nSPS) is 10.8. The minimum atomic E-state index is -0.402. The number of nitrogens with one attached hydrogen (secondary N) is 1. The molecule has 0 atom stereocenters. The molecule has 0 saturated heterocycles. The lowest BCUT2D eigenvalue weighted by Crippen LogP contribution is -2.09. The van der Waals surface area contributed by atoms with Gasteiger partial charge < -0.3 is 10.1 Å². The van der Waals surface area contributed by atoms with E-state index in [1.807, 2.05) is 31.2 Å². The second-order valence-corrected chi connectivity index (χ2v) is 6.67. The molecular weight excluding hydrogens is 348 g/mol. The molecule has 3 rings (SSSR count). The van der Waals surface area contributed by atoms with Gasteiger partial charge in [0.2, 0.25) is 0 Å². The van der Waals surface area contributed by atoms with Crippen LogP contribution in [0.25, 0.3) is 10.9 Å². The summed E-state index contributed by atoms with van der Waals surface area (Å²) < 4.78 is 5.21. The van der Waals surface area contributed by atoms with Gasteiger partial charge in [-0.2, -0.15) is 0 Å². The quantitative estimate of drug-likeness (QED) is 0.597. The summed E-state index contributed by atoms with van der Waals surface area (Å²) >= 11 is 6.24. The average molecular weight is 369 g/mol. The minimum Gasteiger partial charge on any atom is -0.462 e. The first-order valence-corrected chi connectivity index (χ1v) is 8.89. The Labute approximate surface area is 158 Å². The van der Waals surface area contributed by atoms with Gasteiger partial charge in [0.15, 0.2) is 0 Å². The van der Waals surface area contributed by atoms with Gasteiger partial charge in [0, 0.05) is 22.3 Å². The number of aromatic nitrogens is 1. The van der Waals surface area contributed by atoms with Crippen molar-refractivity contribution in [3.8, 4) is 0 Å². The number of hydrogen-bond acceptors (Lipinski definition) is 4. The minimum absolute atomic E-state index is 0.305. The number of pyridine rings is 1. The van der Waals surface area contributed by atoms with Crippen molar-refractivity contribution in [2.45, 2.75) is 27.7 Å². The fraction of sp³-hybridized carbons (Fsp3) is 0.238. The van der Waals surface area contributed by atoms with Gasteiger partial charge in [-0.1, -0.05) is 17.7 Å². The molecule has 5 heteroatoms. The van der Waals surface area contributed by atoms with E-state index in [1.165, 1.54) is 11.1 Å². The highest BCUT2D eigenvalue weighted by molar-refractivity contribution is 6.32. The number of ether oxygens (including phenoxy) is 1. The lowest BCUT2D eigenvalue weighted by molar-refractivity contribution is 0.0527.